The third-order valence-electron chi connectivity index (χ3n) is 3.06. The Morgan fingerprint density at radius 3 is 2.50 bits per heavy atom. The van der Waals surface area contributed by atoms with E-state index in [1.807, 2.05) is 0 Å². The van der Waals surface area contributed by atoms with Gasteiger partial charge in [0.2, 0.25) is 5.91 Å². The molecule has 2 atom stereocenters. The lowest BCUT2D eigenvalue weighted by atomic mass is 10.1. The number of amides is 2. The van der Waals surface area contributed by atoms with Crippen molar-refractivity contribution in [2.24, 2.45) is 0 Å². The lowest BCUT2D eigenvalue weighted by Gasteiger charge is -2.28. The number of rotatable bonds is 3. The molecule has 0 aliphatic carbocycles. The highest BCUT2D eigenvalue weighted by molar-refractivity contribution is 5.77. The van der Waals surface area contributed by atoms with Gasteiger partial charge in [-0.2, -0.15) is 0 Å². The quantitative estimate of drug-likeness (QED) is 0.776. The zero-order chi connectivity index (χ0) is 15.5. The highest BCUT2D eigenvalue weighted by atomic mass is 16.7. The standard InChI is InChI=1S/C13H24N2O5/c1-13(2,3)20-12(18)15-8-10(16)6-9(15)7-11(17)14(4)19-5/h9-10,16H,6-8H2,1-5H3/t9-,10+/m0/s1. The number of β-amino-alcohol motifs (C(OH)–C–C–N with tert-alkyl or cyclic N) is 1. The van der Waals surface area contributed by atoms with Gasteiger partial charge in [-0.15, -0.1) is 0 Å². The second-order valence-corrected chi connectivity index (χ2v) is 5.95. The van der Waals surface area contributed by atoms with Gasteiger partial charge in [0, 0.05) is 19.5 Å². The number of hydrogen-bond acceptors (Lipinski definition) is 5. The van der Waals surface area contributed by atoms with Gasteiger partial charge in [-0.25, -0.2) is 9.86 Å². The van der Waals surface area contributed by atoms with Crippen molar-refractivity contribution in [2.45, 2.75) is 51.4 Å². The first-order chi connectivity index (χ1) is 9.14. The number of hydroxylamine groups is 2. The smallest absolute Gasteiger partial charge is 0.410 e. The summed E-state index contributed by atoms with van der Waals surface area (Å²) in [4.78, 5) is 30.1. The van der Waals surface area contributed by atoms with Gasteiger partial charge in [0.15, 0.2) is 0 Å². The molecule has 1 aliphatic rings. The molecule has 1 heterocycles. The molecule has 7 nitrogen and oxygen atoms in total. The number of nitrogens with zero attached hydrogens (tertiary/aromatic N) is 2. The molecule has 0 unspecified atom stereocenters. The molecule has 0 radical (unpaired) electrons. The number of aliphatic hydroxyl groups is 1. The van der Waals surface area contributed by atoms with Crippen LogP contribution >= 0.6 is 0 Å². The van der Waals surface area contributed by atoms with Gasteiger partial charge in [0.25, 0.3) is 0 Å². The van der Waals surface area contributed by atoms with Crippen molar-refractivity contribution in [2.75, 3.05) is 20.7 Å². The molecule has 1 aliphatic heterocycles. The van der Waals surface area contributed by atoms with Crippen molar-refractivity contribution in [3.63, 3.8) is 0 Å². The minimum Gasteiger partial charge on any atom is -0.444 e. The molecule has 116 valence electrons. The number of likely N-dealkylation sites (tertiary alicyclic amines) is 1. The first kappa shape index (κ1) is 16.7. The first-order valence-electron chi connectivity index (χ1n) is 6.62. The predicted octanol–water partition coefficient (Wildman–Crippen LogP) is 0.767. The van der Waals surface area contributed by atoms with E-state index in [1.54, 1.807) is 20.8 Å². The summed E-state index contributed by atoms with van der Waals surface area (Å²) >= 11 is 0. The maximum absolute atomic E-state index is 12.1. The van der Waals surface area contributed by atoms with Crippen molar-refractivity contribution in [3.8, 4) is 0 Å². The molecule has 0 aromatic rings. The van der Waals surface area contributed by atoms with E-state index in [1.165, 1.54) is 19.1 Å². The Morgan fingerprint density at radius 1 is 1.40 bits per heavy atom. The van der Waals surface area contributed by atoms with Crippen LogP contribution in [-0.4, -0.2) is 65.5 Å². The van der Waals surface area contributed by atoms with Crippen molar-refractivity contribution in [3.05, 3.63) is 0 Å². The minimum atomic E-state index is -0.631. The van der Waals surface area contributed by atoms with Crippen LogP contribution in [0.4, 0.5) is 4.79 Å². The van der Waals surface area contributed by atoms with Crippen molar-refractivity contribution >= 4 is 12.0 Å². The van der Waals surface area contributed by atoms with Crippen LogP contribution in [0.5, 0.6) is 0 Å². The molecular weight excluding hydrogens is 264 g/mol. The molecule has 1 saturated heterocycles. The van der Waals surface area contributed by atoms with Gasteiger partial charge in [-0.1, -0.05) is 0 Å². The number of aliphatic hydroxyl groups excluding tert-OH is 1. The first-order valence-corrected chi connectivity index (χ1v) is 6.62. The van der Waals surface area contributed by atoms with Crippen LogP contribution in [0.1, 0.15) is 33.6 Å². The van der Waals surface area contributed by atoms with Crippen molar-refractivity contribution in [1.29, 1.82) is 0 Å². The van der Waals surface area contributed by atoms with E-state index in [9.17, 15) is 14.7 Å². The Kier molecular flexibility index (Phi) is 5.35. The Labute approximate surface area is 119 Å². The Bertz CT molecular complexity index is 366. The van der Waals surface area contributed by atoms with E-state index in [2.05, 4.69) is 0 Å². The normalized spacial score (nSPS) is 22.8. The summed E-state index contributed by atoms with van der Waals surface area (Å²) < 4.78 is 5.29. The predicted molar refractivity (Wildman–Crippen MR) is 71.7 cm³/mol. The van der Waals surface area contributed by atoms with E-state index >= 15 is 0 Å². The van der Waals surface area contributed by atoms with Gasteiger partial charge in [0.05, 0.1) is 19.8 Å². The average Bonchev–Trinajstić information content (AvgIpc) is 2.67. The fraction of sp³-hybridized carbons (Fsp3) is 0.846. The van der Waals surface area contributed by atoms with Gasteiger partial charge >= 0.3 is 6.09 Å². The van der Waals surface area contributed by atoms with Gasteiger partial charge < -0.3 is 14.7 Å². The SMILES string of the molecule is CON(C)C(=O)C[C@@H]1C[C@@H](O)CN1C(=O)OC(C)(C)C. The molecule has 0 saturated carbocycles. The summed E-state index contributed by atoms with van der Waals surface area (Å²) in [5, 5.41) is 10.8. The van der Waals surface area contributed by atoms with Crippen molar-refractivity contribution < 1.29 is 24.3 Å². The zero-order valence-electron chi connectivity index (χ0n) is 12.8. The van der Waals surface area contributed by atoms with Crippen LogP contribution in [-0.2, 0) is 14.4 Å². The molecule has 1 rings (SSSR count). The lowest BCUT2D eigenvalue weighted by Crippen LogP contribution is -2.42. The maximum atomic E-state index is 12.1. The van der Waals surface area contributed by atoms with Crippen LogP contribution in [0.2, 0.25) is 0 Å². The highest BCUT2D eigenvalue weighted by Gasteiger charge is 2.38. The second-order valence-electron chi connectivity index (χ2n) is 5.95. The van der Waals surface area contributed by atoms with Gasteiger partial charge in [-0.05, 0) is 27.2 Å². The Balaban J connectivity index is 2.69. The summed E-state index contributed by atoms with van der Waals surface area (Å²) in [5.74, 6) is -0.250. The third kappa shape index (κ3) is 4.64. The third-order valence-corrected chi connectivity index (χ3v) is 3.06. The van der Waals surface area contributed by atoms with E-state index in [0.29, 0.717) is 6.42 Å². The molecule has 0 bridgehead atoms. The number of ether oxygens (including phenoxy) is 1. The van der Waals surface area contributed by atoms with E-state index in [4.69, 9.17) is 9.57 Å². The van der Waals surface area contributed by atoms with Crippen LogP contribution in [0.25, 0.3) is 0 Å². The Morgan fingerprint density at radius 2 is 2.00 bits per heavy atom. The largest absolute Gasteiger partial charge is 0.444 e. The number of carbonyl (C=O) groups is 2. The highest BCUT2D eigenvalue weighted by Crippen LogP contribution is 2.24. The monoisotopic (exact) mass is 288 g/mol. The fourth-order valence-electron chi connectivity index (χ4n) is 2.06. The molecule has 20 heavy (non-hydrogen) atoms. The second kappa shape index (κ2) is 6.41. The zero-order valence-corrected chi connectivity index (χ0v) is 12.8. The van der Waals surface area contributed by atoms with Gasteiger partial charge in [0.1, 0.15) is 5.60 Å². The van der Waals surface area contributed by atoms with E-state index < -0.39 is 17.8 Å². The molecular formula is C13H24N2O5. The summed E-state index contributed by atoms with van der Waals surface area (Å²) in [6.07, 6.45) is -0.677. The molecule has 2 amide bonds. The molecule has 0 aromatic carbocycles. The van der Waals surface area contributed by atoms with Crippen LogP contribution in [0.3, 0.4) is 0 Å². The maximum Gasteiger partial charge on any atom is 0.410 e. The number of hydrogen-bond donors (Lipinski definition) is 1. The minimum absolute atomic E-state index is 0.0979. The summed E-state index contributed by atoms with van der Waals surface area (Å²) in [7, 11) is 2.90. The molecule has 1 N–H and O–H groups in total. The van der Waals surface area contributed by atoms with E-state index in [-0.39, 0.29) is 24.9 Å². The lowest BCUT2D eigenvalue weighted by molar-refractivity contribution is -0.169. The van der Waals surface area contributed by atoms with Crippen LogP contribution < -0.4 is 0 Å². The molecule has 0 spiro atoms. The van der Waals surface area contributed by atoms with Crippen LogP contribution in [0, 0.1) is 0 Å². The fourth-order valence-corrected chi connectivity index (χ4v) is 2.06. The van der Waals surface area contributed by atoms with Crippen LogP contribution in [0.15, 0.2) is 0 Å². The average molecular weight is 288 g/mol. The summed E-state index contributed by atoms with van der Waals surface area (Å²) in [6.45, 7) is 5.51. The van der Waals surface area contributed by atoms with E-state index in [0.717, 1.165) is 5.06 Å². The summed E-state index contributed by atoms with van der Waals surface area (Å²) in [5.41, 5.74) is -0.609. The molecule has 1 fully saturated rings. The summed E-state index contributed by atoms with van der Waals surface area (Å²) in [6, 6.07) is -0.370. The molecule has 7 heteroatoms. The van der Waals surface area contributed by atoms with Gasteiger partial charge in [-0.3, -0.25) is 9.63 Å². The Hall–Kier alpha value is -1.34. The van der Waals surface area contributed by atoms with Crippen molar-refractivity contribution in [1.82, 2.24) is 9.96 Å². The molecule has 0 aromatic heterocycles. The topological polar surface area (TPSA) is 79.3 Å². The number of carbonyl (C=O) groups excluding carboxylic acids is 2.